The maximum Gasteiger partial charge on any atom is 0.324 e. The van der Waals surface area contributed by atoms with Crippen molar-refractivity contribution in [3.63, 3.8) is 0 Å². The number of carbonyl (C=O) groups excluding carboxylic acids is 3. The van der Waals surface area contributed by atoms with E-state index in [1.54, 1.807) is 0 Å². The van der Waals surface area contributed by atoms with E-state index in [-0.39, 0.29) is 10.8 Å². The van der Waals surface area contributed by atoms with Crippen molar-refractivity contribution in [3.8, 4) is 0 Å². The molecule has 1 aromatic rings. The molecule has 26 heavy (non-hydrogen) atoms. The number of anilines is 1. The number of likely N-dealkylation sites (N-methyl/N-ethyl adjacent to an activating group) is 1. The molecule has 2 N–H and O–H groups in total. The summed E-state index contributed by atoms with van der Waals surface area (Å²) >= 11 is 0. The molecular formula is C16H23N3O6S. The number of amides is 2. The van der Waals surface area contributed by atoms with Gasteiger partial charge in [0.2, 0.25) is 15.9 Å². The van der Waals surface area contributed by atoms with Gasteiger partial charge in [-0.25, -0.2) is 8.42 Å². The van der Waals surface area contributed by atoms with Crippen LogP contribution < -0.4 is 10.0 Å². The van der Waals surface area contributed by atoms with Gasteiger partial charge in [0.25, 0.3) is 5.91 Å². The molecule has 2 amide bonds. The van der Waals surface area contributed by atoms with E-state index in [0.29, 0.717) is 5.69 Å². The topological polar surface area (TPSA) is 122 Å². The van der Waals surface area contributed by atoms with Gasteiger partial charge in [-0.2, -0.15) is 4.72 Å². The molecule has 0 aliphatic heterocycles. The number of carbonyl (C=O) groups is 3. The summed E-state index contributed by atoms with van der Waals surface area (Å²) < 4.78 is 31.8. The van der Waals surface area contributed by atoms with Gasteiger partial charge in [0.1, 0.15) is 6.04 Å². The van der Waals surface area contributed by atoms with Crippen LogP contribution in [0.15, 0.2) is 29.2 Å². The van der Waals surface area contributed by atoms with E-state index >= 15 is 0 Å². The Balaban J connectivity index is 2.77. The van der Waals surface area contributed by atoms with Crippen molar-refractivity contribution in [2.45, 2.75) is 37.8 Å². The highest BCUT2D eigenvalue weighted by molar-refractivity contribution is 7.89. The van der Waals surface area contributed by atoms with Crippen molar-refractivity contribution in [3.05, 3.63) is 24.3 Å². The second kappa shape index (κ2) is 8.77. The summed E-state index contributed by atoms with van der Waals surface area (Å²) in [5.41, 5.74) is 0.444. The lowest BCUT2D eigenvalue weighted by Gasteiger charge is -2.20. The van der Waals surface area contributed by atoms with E-state index in [4.69, 9.17) is 4.74 Å². The summed E-state index contributed by atoms with van der Waals surface area (Å²) in [4.78, 5) is 35.9. The second-order valence-corrected chi connectivity index (χ2v) is 7.57. The molecule has 1 aromatic carbocycles. The number of benzene rings is 1. The van der Waals surface area contributed by atoms with Crippen molar-refractivity contribution in [1.29, 1.82) is 0 Å². The molecule has 0 unspecified atom stereocenters. The molecule has 144 valence electrons. The first-order valence-corrected chi connectivity index (χ1v) is 9.24. The van der Waals surface area contributed by atoms with E-state index in [2.05, 4.69) is 10.0 Å². The summed E-state index contributed by atoms with van der Waals surface area (Å²) in [6.45, 7) is 4.06. The van der Waals surface area contributed by atoms with Crippen molar-refractivity contribution < 1.29 is 27.5 Å². The largest absolute Gasteiger partial charge is 0.451 e. The normalized spacial score (nSPS) is 13.4. The van der Waals surface area contributed by atoms with Gasteiger partial charge >= 0.3 is 5.97 Å². The van der Waals surface area contributed by atoms with E-state index in [1.807, 2.05) is 0 Å². The number of rotatable bonds is 7. The molecule has 0 spiro atoms. The van der Waals surface area contributed by atoms with Gasteiger partial charge in [-0.1, -0.05) is 0 Å². The van der Waals surface area contributed by atoms with Crippen LogP contribution in [-0.2, 0) is 29.1 Å². The third kappa shape index (κ3) is 6.12. The zero-order valence-corrected chi connectivity index (χ0v) is 16.1. The first-order valence-electron chi connectivity index (χ1n) is 7.75. The Hall–Kier alpha value is -2.46. The smallest absolute Gasteiger partial charge is 0.324 e. The van der Waals surface area contributed by atoms with Gasteiger partial charge in [-0.3, -0.25) is 14.4 Å². The van der Waals surface area contributed by atoms with Crippen LogP contribution in [0.5, 0.6) is 0 Å². The summed E-state index contributed by atoms with van der Waals surface area (Å²) in [7, 11) is -0.946. The molecule has 0 radical (unpaired) electrons. The van der Waals surface area contributed by atoms with Crippen LogP contribution in [0, 0.1) is 0 Å². The van der Waals surface area contributed by atoms with Gasteiger partial charge in [0.05, 0.1) is 4.90 Å². The van der Waals surface area contributed by atoms with Crippen LogP contribution in [0.25, 0.3) is 0 Å². The number of nitrogens with zero attached hydrogens (tertiary/aromatic N) is 1. The summed E-state index contributed by atoms with van der Waals surface area (Å²) in [6.07, 6.45) is -1.03. The average Bonchev–Trinajstić information content (AvgIpc) is 2.53. The molecule has 0 aliphatic carbocycles. The minimum Gasteiger partial charge on any atom is -0.451 e. The summed E-state index contributed by atoms with van der Waals surface area (Å²) in [5.74, 6) is -1.57. The van der Waals surface area contributed by atoms with E-state index < -0.39 is 34.0 Å². The molecule has 0 heterocycles. The fourth-order valence-electron chi connectivity index (χ4n) is 1.96. The Morgan fingerprint density at radius 3 is 2.08 bits per heavy atom. The van der Waals surface area contributed by atoms with Crippen LogP contribution in [0.1, 0.15) is 20.8 Å². The monoisotopic (exact) mass is 385 g/mol. The molecule has 2 atom stereocenters. The van der Waals surface area contributed by atoms with Crippen LogP contribution in [0.3, 0.4) is 0 Å². The minimum atomic E-state index is -3.98. The molecule has 0 saturated heterocycles. The molecule has 10 heteroatoms. The molecule has 0 bridgehead atoms. The Kier molecular flexibility index (Phi) is 7.28. The lowest BCUT2D eigenvalue weighted by Crippen LogP contribution is -2.43. The quantitative estimate of drug-likeness (QED) is 0.653. The Morgan fingerprint density at radius 1 is 1.08 bits per heavy atom. The molecule has 1 rings (SSSR count). The Morgan fingerprint density at radius 2 is 1.62 bits per heavy atom. The van der Waals surface area contributed by atoms with Crippen molar-refractivity contribution in [2.75, 3.05) is 19.4 Å². The molecule has 9 nitrogen and oxygen atoms in total. The second-order valence-electron chi connectivity index (χ2n) is 5.86. The van der Waals surface area contributed by atoms with Crippen LogP contribution in [0.2, 0.25) is 0 Å². The first kappa shape index (κ1) is 21.6. The van der Waals surface area contributed by atoms with Crippen LogP contribution in [0.4, 0.5) is 5.69 Å². The summed E-state index contributed by atoms with van der Waals surface area (Å²) in [6, 6.07) is 4.26. The number of hydrogen-bond acceptors (Lipinski definition) is 6. The predicted octanol–water partition coefficient (Wildman–Crippen LogP) is 0.332. The Labute approximate surface area is 152 Å². The fraction of sp³-hybridized carbons (Fsp3) is 0.438. The van der Waals surface area contributed by atoms with Gasteiger partial charge in [-0.15, -0.1) is 0 Å². The zero-order chi connectivity index (χ0) is 20.1. The van der Waals surface area contributed by atoms with E-state index in [0.717, 1.165) is 0 Å². The fourth-order valence-corrected chi connectivity index (χ4v) is 3.15. The van der Waals surface area contributed by atoms with Crippen molar-refractivity contribution in [2.24, 2.45) is 0 Å². The summed E-state index contributed by atoms with van der Waals surface area (Å²) in [5, 5.41) is 2.52. The minimum absolute atomic E-state index is 0.0799. The van der Waals surface area contributed by atoms with Gasteiger partial charge in [0, 0.05) is 26.7 Å². The lowest BCUT2D eigenvalue weighted by molar-refractivity contribution is -0.159. The third-order valence-corrected chi connectivity index (χ3v) is 4.81. The number of ether oxygens (including phenoxy) is 1. The van der Waals surface area contributed by atoms with Gasteiger partial charge in [-0.05, 0) is 38.1 Å². The highest BCUT2D eigenvalue weighted by Gasteiger charge is 2.26. The maximum atomic E-state index is 12.3. The number of esters is 1. The van der Waals surface area contributed by atoms with Crippen LogP contribution >= 0.6 is 0 Å². The lowest BCUT2D eigenvalue weighted by atomic mass is 10.3. The average molecular weight is 385 g/mol. The maximum absolute atomic E-state index is 12.3. The number of sulfonamides is 1. The SMILES string of the molecule is CC(=O)Nc1ccc(S(=O)(=O)N[C@@H](C)C(=O)O[C@H](C)C(=O)N(C)C)cc1. The highest BCUT2D eigenvalue weighted by atomic mass is 32.2. The third-order valence-electron chi connectivity index (χ3n) is 3.25. The standard InChI is InChI=1S/C16H23N3O6S/c1-10(16(22)25-11(2)15(21)19(4)5)18-26(23,24)14-8-6-13(7-9-14)17-12(3)20/h6-11,18H,1-5H3,(H,17,20)/t10-,11+/m0/s1. The van der Waals surface area contributed by atoms with Crippen molar-refractivity contribution >= 4 is 33.5 Å². The zero-order valence-electron chi connectivity index (χ0n) is 15.3. The molecule has 0 aliphatic rings. The predicted molar refractivity (Wildman–Crippen MR) is 94.8 cm³/mol. The van der Waals surface area contributed by atoms with E-state index in [1.165, 1.54) is 64.0 Å². The molecule has 0 saturated carbocycles. The van der Waals surface area contributed by atoms with E-state index in [9.17, 15) is 22.8 Å². The van der Waals surface area contributed by atoms with Crippen molar-refractivity contribution in [1.82, 2.24) is 9.62 Å². The first-order chi connectivity index (χ1) is 11.9. The molecular weight excluding hydrogens is 362 g/mol. The van der Waals surface area contributed by atoms with Gasteiger partial charge in [0.15, 0.2) is 6.10 Å². The molecule has 0 fully saturated rings. The highest BCUT2D eigenvalue weighted by Crippen LogP contribution is 2.14. The molecule has 0 aromatic heterocycles. The van der Waals surface area contributed by atoms with Gasteiger partial charge < -0.3 is 15.0 Å². The number of nitrogens with one attached hydrogen (secondary N) is 2. The Bertz CT molecular complexity index is 774. The van der Waals surface area contributed by atoms with Crippen LogP contribution in [-0.4, -0.2) is 57.3 Å². The number of hydrogen-bond donors (Lipinski definition) is 2.